The van der Waals surface area contributed by atoms with Crippen molar-refractivity contribution in [2.45, 2.75) is 64.0 Å². The normalized spacial score (nSPS) is 24.6. The zero-order valence-electron chi connectivity index (χ0n) is 11.5. The largest absolute Gasteiger partial charge is 0.311 e. The van der Waals surface area contributed by atoms with E-state index in [0.29, 0.717) is 18.0 Å². The van der Waals surface area contributed by atoms with Gasteiger partial charge >= 0.3 is 0 Å². The molecular formula is C16H24FN. The van der Waals surface area contributed by atoms with Crippen LogP contribution in [0.2, 0.25) is 0 Å². The molecule has 1 unspecified atom stereocenters. The molecule has 1 atom stereocenters. The lowest BCUT2D eigenvalue weighted by Gasteiger charge is -2.38. The SMILES string of the molecule is CCCCC(C)NC1CC(c2cccc(F)c2)C1. The predicted molar refractivity (Wildman–Crippen MR) is 74.3 cm³/mol. The lowest BCUT2D eigenvalue weighted by molar-refractivity contribution is 0.263. The van der Waals surface area contributed by atoms with Crippen molar-refractivity contribution in [1.29, 1.82) is 0 Å². The van der Waals surface area contributed by atoms with Gasteiger partial charge in [0, 0.05) is 12.1 Å². The highest BCUT2D eigenvalue weighted by Crippen LogP contribution is 2.37. The summed E-state index contributed by atoms with van der Waals surface area (Å²) in [6, 6.07) is 8.31. The maximum absolute atomic E-state index is 13.1. The molecule has 1 N–H and O–H groups in total. The smallest absolute Gasteiger partial charge is 0.123 e. The van der Waals surface area contributed by atoms with Crippen LogP contribution in [-0.2, 0) is 0 Å². The number of rotatable bonds is 6. The predicted octanol–water partition coefficient (Wildman–Crippen LogP) is 4.24. The summed E-state index contributed by atoms with van der Waals surface area (Å²) in [5, 5.41) is 3.67. The van der Waals surface area contributed by atoms with Gasteiger partial charge in [-0.15, -0.1) is 0 Å². The van der Waals surface area contributed by atoms with Crippen LogP contribution >= 0.6 is 0 Å². The Morgan fingerprint density at radius 3 is 2.83 bits per heavy atom. The summed E-state index contributed by atoms with van der Waals surface area (Å²) < 4.78 is 13.1. The number of hydrogen-bond donors (Lipinski definition) is 1. The highest BCUT2D eigenvalue weighted by atomic mass is 19.1. The summed E-state index contributed by atoms with van der Waals surface area (Å²) in [5.41, 5.74) is 1.16. The topological polar surface area (TPSA) is 12.0 Å². The summed E-state index contributed by atoms with van der Waals surface area (Å²) in [6.45, 7) is 4.50. The Morgan fingerprint density at radius 1 is 1.39 bits per heavy atom. The van der Waals surface area contributed by atoms with Crippen molar-refractivity contribution in [2.75, 3.05) is 0 Å². The van der Waals surface area contributed by atoms with Gasteiger partial charge in [-0.2, -0.15) is 0 Å². The van der Waals surface area contributed by atoms with E-state index in [9.17, 15) is 4.39 Å². The molecule has 1 aromatic carbocycles. The van der Waals surface area contributed by atoms with E-state index >= 15 is 0 Å². The van der Waals surface area contributed by atoms with Crippen molar-refractivity contribution >= 4 is 0 Å². The Kier molecular flexibility index (Phi) is 4.76. The summed E-state index contributed by atoms with van der Waals surface area (Å²) in [6.07, 6.45) is 6.13. The molecule has 0 spiro atoms. The van der Waals surface area contributed by atoms with Crippen molar-refractivity contribution in [3.8, 4) is 0 Å². The molecule has 100 valence electrons. The molecule has 1 aromatic rings. The second-order valence-electron chi connectivity index (χ2n) is 5.63. The highest BCUT2D eigenvalue weighted by molar-refractivity contribution is 5.23. The summed E-state index contributed by atoms with van der Waals surface area (Å²) in [4.78, 5) is 0. The highest BCUT2D eigenvalue weighted by Gasteiger charge is 2.30. The average molecular weight is 249 g/mol. The third kappa shape index (κ3) is 3.55. The first-order valence-corrected chi connectivity index (χ1v) is 7.20. The number of halogens is 1. The molecule has 0 aliphatic heterocycles. The van der Waals surface area contributed by atoms with E-state index in [1.807, 2.05) is 12.1 Å². The van der Waals surface area contributed by atoms with Crippen molar-refractivity contribution in [3.05, 3.63) is 35.6 Å². The molecule has 1 saturated carbocycles. The zero-order chi connectivity index (χ0) is 13.0. The Bertz CT molecular complexity index is 371. The quantitative estimate of drug-likeness (QED) is 0.795. The molecule has 0 aromatic heterocycles. The van der Waals surface area contributed by atoms with Crippen LogP contribution in [-0.4, -0.2) is 12.1 Å². The first-order chi connectivity index (χ1) is 8.69. The molecule has 0 radical (unpaired) electrons. The van der Waals surface area contributed by atoms with Crippen LogP contribution in [0.1, 0.15) is 57.4 Å². The summed E-state index contributed by atoms with van der Waals surface area (Å²) in [5.74, 6) is 0.441. The zero-order valence-corrected chi connectivity index (χ0v) is 11.5. The van der Waals surface area contributed by atoms with Gasteiger partial charge in [-0.05, 0) is 49.8 Å². The van der Waals surface area contributed by atoms with Gasteiger partial charge in [-0.25, -0.2) is 4.39 Å². The third-order valence-corrected chi connectivity index (χ3v) is 3.97. The molecule has 2 heteroatoms. The van der Waals surface area contributed by atoms with Crippen molar-refractivity contribution in [2.24, 2.45) is 0 Å². The van der Waals surface area contributed by atoms with E-state index in [2.05, 4.69) is 19.2 Å². The molecule has 0 saturated heterocycles. The Balaban J connectivity index is 1.73. The summed E-state index contributed by atoms with van der Waals surface area (Å²) in [7, 11) is 0. The van der Waals surface area contributed by atoms with Crippen LogP contribution in [0.3, 0.4) is 0 Å². The van der Waals surface area contributed by atoms with Crippen molar-refractivity contribution in [3.63, 3.8) is 0 Å². The Morgan fingerprint density at radius 2 is 2.17 bits per heavy atom. The minimum Gasteiger partial charge on any atom is -0.311 e. The molecule has 1 aliphatic rings. The molecule has 1 fully saturated rings. The number of nitrogens with one attached hydrogen (secondary N) is 1. The first-order valence-electron chi connectivity index (χ1n) is 7.20. The van der Waals surface area contributed by atoms with Crippen LogP contribution < -0.4 is 5.32 Å². The molecule has 18 heavy (non-hydrogen) atoms. The molecule has 0 heterocycles. The van der Waals surface area contributed by atoms with Gasteiger partial charge in [0.1, 0.15) is 5.82 Å². The minimum atomic E-state index is -0.111. The Hall–Kier alpha value is -0.890. The summed E-state index contributed by atoms with van der Waals surface area (Å²) >= 11 is 0. The van der Waals surface area contributed by atoms with Crippen LogP contribution in [0.25, 0.3) is 0 Å². The van der Waals surface area contributed by atoms with Gasteiger partial charge in [0.2, 0.25) is 0 Å². The maximum Gasteiger partial charge on any atom is 0.123 e. The van der Waals surface area contributed by atoms with Crippen LogP contribution in [0.5, 0.6) is 0 Å². The second-order valence-corrected chi connectivity index (χ2v) is 5.63. The molecule has 0 amide bonds. The molecule has 0 bridgehead atoms. The minimum absolute atomic E-state index is 0.111. The van der Waals surface area contributed by atoms with Crippen LogP contribution in [0.15, 0.2) is 24.3 Å². The first kappa shape index (κ1) is 13.5. The van der Waals surface area contributed by atoms with Gasteiger partial charge < -0.3 is 5.32 Å². The van der Waals surface area contributed by atoms with E-state index in [1.165, 1.54) is 25.3 Å². The molecule has 2 rings (SSSR count). The standard InChI is InChI=1S/C16H24FN/c1-3-4-6-12(2)18-16-10-14(11-16)13-7-5-8-15(17)9-13/h5,7-9,12,14,16,18H,3-4,6,10-11H2,1-2H3. The maximum atomic E-state index is 13.1. The van der Waals surface area contributed by atoms with Gasteiger partial charge in [0.25, 0.3) is 0 Å². The molecular weight excluding hydrogens is 225 g/mol. The Labute approximate surface area is 110 Å². The van der Waals surface area contributed by atoms with E-state index < -0.39 is 0 Å². The molecule has 1 aliphatic carbocycles. The van der Waals surface area contributed by atoms with Crippen molar-refractivity contribution in [1.82, 2.24) is 5.32 Å². The van der Waals surface area contributed by atoms with Gasteiger partial charge in [0.05, 0.1) is 0 Å². The van der Waals surface area contributed by atoms with Crippen LogP contribution in [0.4, 0.5) is 4.39 Å². The average Bonchev–Trinajstić information content (AvgIpc) is 2.30. The number of hydrogen-bond acceptors (Lipinski definition) is 1. The van der Waals surface area contributed by atoms with E-state index in [0.717, 1.165) is 18.4 Å². The lowest BCUT2D eigenvalue weighted by atomic mass is 9.75. The van der Waals surface area contributed by atoms with Gasteiger partial charge in [-0.1, -0.05) is 31.9 Å². The van der Waals surface area contributed by atoms with E-state index in [4.69, 9.17) is 0 Å². The fraction of sp³-hybridized carbons (Fsp3) is 0.625. The lowest BCUT2D eigenvalue weighted by Crippen LogP contribution is -2.44. The van der Waals surface area contributed by atoms with Crippen molar-refractivity contribution < 1.29 is 4.39 Å². The van der Waals surface area contributed by atoms with Crippen LogP contribution in [0, 0.1) is 5.82 Å². The van der Waals surface area contributed by atoms with E-state index in [-0.39, 0.29) is 5.82 Å². The monoisotopic (exact) mass is 249 g/mol. The third-order valence-electron chi connectivity index (χ3n) is 3.97. The molecule has 1 nitrogen and oxygen atoms in total. The number of benzene rings is 1. The fourth-order valence-corrected chi connectivity index (χ4v) is 2.78. The van der Waals surface area contributed by atoms with Gasteiger partial charge in [-0.3, -0.25) is 0 Å². The van der Waals surface area contributed by atoms with Gasteiger partial charge in [0.15, 0.2) is 0 Å². The number of unbranched alkanes of at least 4 members (excludes halogenated alkanes) is 1. The second kappa shape index (κ2) is 6.33. The van der Waals surface area contributed by atoms with E-state index in [1.54, 1.807) is 6.07 Å². The fourth-order valence-electron chi connectivity index (χ4n) is 2.78.